The van der Waals surface area contributed by atoms with Crippen LogP contribution in [0.25, 0.3) is 0 Å². The predicted molar refractivity (Wildman–Crippen MR) is 63.0 cm³/mol. The Bertz CT molecular complexity index is 257. The lowest BCUT2D eigenvalue weighted by Crippen LogP contribution is -2.18. The van der Waals surface area contributed by atoms with Crippen LogP contribution in [0.5, 0.6) is 0 Å². The van der Waals surface area contributed by atoms with Crippen molar-refractivity contribution in [2.75, 3.05) is 7.11 Å². The fraction of sp³-hybridized carbons (Fsp3) is 0.727. The first-order valence-corrected chi connectivity index (χ1v) is 8.63. The summed E-state index contributed by atoms with van der Waals surface area (Å²) in [6.45, 7) is 6.38. The van der Waals surface area contributed by atoms with Gasteiger partial charge in [0.25, 0.3) is 0 Å². The van der Waals surface area contributed by atoms with E-state index in [0.717, 1.165) is 0 Å². The molecule has 1 N–H and O–H groups in total. The molecule has 0 heterocycles. The lowest BCUT2D eigenvalue weighted by molar-refractivity contribution is -0.140. The largest absolute Gasteiger partial charge is 0.469 e. The first kappa shape index (κ1) is 14.2. The van der Waals surface area contributed by atoms with Crippen LogP contribution in [0.15, 0.2) is 0 Å². The van der Waals surface area contributed by atoms with E-state index in [0.29, 0.717) is 19.3 Å². The molecule has 0 saturated carbocycles. The number of hydrogen-bond acceptors (Lipinski definition) is 3. The summed E-state index contributed by atoms with van der Waals surface area (Å²) in [7, 11) is -0.0358. The van der Waals surface area contributed by atoms with Crippen LogP contribution in [0.2, 0.25) is 19.6 Å². The molecule has 0 bridgehead atoms. The molecule has 0 saturated heterocycles. The number of aliphatic hydroxyl groups excluding tert-OH is 1. The van der Waals surface area contributed by atoms with E-state index >= 15 is 0 Å². The van der Waals surface area contributed by atoms with Crippen LogP contribution in [0.1, 0.15) is 19.3 Å². The Kier molecular flexibility index (Phi) is 6.30. The average molecular weight is 228 g/mol. The Balaban J connectivity index is 3.79. The Morgan fingerprint density at radius 3 is 2.53 bits per heavy atom. The van der Waals surface area contributed by atoms with Crippen molar-refractivity contribution in [2.24, 2.45) is 0 Å². The molecule has 0 radical (unpaired) electrons. The van der Waals surface area contributed by atoms with Gasteiger partial charge in [0.05, 0.1) is 7.11 Å². The van der Waals surface area contributed by atoms with Gasteiger partial charge in [-0.05, 0) is 12.8 Å². The number of carbonyl (C=O) groups excluding carboxylic acids is 1. The highest BCUT2D eigenvalue weighted by Gasteiger charge is 2.09. The molecule has 0 aliphatic rings. The lowest BCUT2D eigenvalue weighted by atomic mass is 10.1. The van der Waals surface area contributed by atoms with E-state index in [1.54, 1.807) is 0 Å². The normalized spacial score (nSPS) is 12.6. The van der Waals surface area contributed by atoms with Crippen molar-refractivity contribution in [3.8, 4) is 11.5 Å². The number of hydrogen-bond donors (Lipinski definition) is 1. The van der Waals surface area contributed by atoms with Gasteiger partial charge < -0.3 is 9.84 Å². The van der Waals surface area contributed by atoms with Gasteiger partial charge >= 0.3 is 5.97 Å². The van der Waals surface area contributed by atoms with Crippen molar-refractivity contribution in [3.05, 3.63) is 0 Å². The molecular formula is C11H20O3Si. The van der Waals surface area contributed by atoms with Crippen LogP contribution < -0.4 is 0 Å². The number of ether oxygens (including phenoxy) is 1. The molecule has 0 aromatic carbocycles. The second-order valence-corrected chi connectivity index (χ2v) is 9.25. The first-order chi connectivity index (χ1) is 6.85. The quantitative estimate of drug-likeness (QED) is 0.451. The maximum atomic E-state index is 10.8. The van der Waals surface area contributed by atoms with Crippen LogP contribution in [-0.2, 0) is 9.53 Å². The molecule has 0 rings (SSSR count). The zero-order valence-corrected chi connectivity index (χ0v) is 11.0. The van der Waals surface area contributed by atoms with Crippen LogP contribution in [0, 0.1) is 11.5 Å². The van der Waals surface area contributed by atoms with Gasteiger partial charge in [0.2, 0.25) is 0 Å². The van der Waals surface area contributed by atoms with Crippen molar-refractivity contribution in [1.29, 1.82) is 0 Å². The smallest absolute Gasteiger partial charge is 0.305 e. The Morgan fingerprint density at radius 2 is 2.07 bits per heavy atom. The minimum absolute atomic E-state index is 0.236. The zero-order valence-electron chi connectivity index (χ0n) is 9.96. The molecule has 0 aliphatic heterocycles. The van der Waals surface area contributed by atoms with Crippen molar-refractivity contribution in [3.63, 3.8) is 0 Å². The van der Waals surface area contributed by atoms with E-state index < -0.39 is 14.2 Å². The molecule has 0 fully saturated rings. The van der Waals surface area contributed by atoms with E-state index in [1.807, 2.05) is 0 Å². The summed E-state index contributed by atoms with van der Waals surface area (Å²) in [5.41, 5.74) is 3.10. The number of aliphatic hydroxyl groups is 1. The van der Waals surface area contributed by atoms with Crippen LogP contribution in [0.3, 0.4) is 0 Å². The molecule has 0 aliphatic carbocycles. The predicted octanol–water partition coefficient (Wildman–Crippen LogP) is 1.57. The fourth-order valence-electron chi connectivity index (χ4n) is 0.914. The molecule has 1 unspecified atom stereocenters. The van der Waals surface area contributed by atoms with Crippen molar-refractivity contribution in [2.45, 2.75) is 45.0 Å². The molecule has 0 spiro atoms. The van der Waals surface area contributed by atoms with Gasteiger partial charge in [-0.3, -0.25) is 4.79 Å². The highest BCUT2D eigenvalue weighted by Crippen LogP contribution is 2.02. The average Bonchev–Trinajstić information content (AvgIpc) is 2.13. The summed E-state index contributed by atoms with van der Waals surface area (Å²) < 4.78 is 4.50. The molecule has 1 atom stereocenters. The third kappa shape index (κ3) is 9.51. The highest BCUT2D eigenvalue weighted by molar-refractivity contribution is 6.83. The molecule has 4 heteroatoms. The molecule has 0 aromatic heterocycles. The first-order valence-electron chi connectivity index (χ1n) is 5.13. The Hall–Kier alpha value is -0.793. The second-order valence-electron chi connectivity index (χ2n) is 4.50. The highest BCUT2D eigenvalue weighted by atomic mass is 28.3. The monoisotopic (exact) mass is 228 g/mol. The topological polar surface area (TPSA) is 46.5 Å². The number of esters is 1. The van der Waals surface area contributed by atoms with E-state index in [-0.39, 0.29) is 5.97 Å². The van der Waals surface area contributed by atoms with Gasteiger partial charge in [-0.25, -0.2) is 0 Å². The number of rotatable bonds is 4. The van der Waals surface area contributed by atoms with Gasteiger partial charge in [0.1, 0.15) is 14.2 Å². The van der Waals surface area contributed by atoms with Gasteiger partial charge in [-0.15, -0.1) is 5.54 Å². The van der Waals surface area contributed by atoms with Crippen LogP contribution >= 0.6 is 0 Å². The second kappa shape index (κ2) is 6.65. The van der Waals surface area contributed by atoms with Crippen molar-refractivity contribution in [1.82, 2.24) is 0 Å². The Morgan fingerprint density at radius 1 is 1.47 bits per heavy atom. The van der Waals surface area contributed by atoms with E-state index in [4.69, 9.17) is 0 Å². The number of carbonyl (C=O) groups is 1. The summed E-state index contributed by atoms with van der Waals surface area (Å²) in [5, 5.41) is 9.49. The van der Waals surface area contributed by atoms with Crippen molar-refractivity contribution >= 4 is 14.0 Å². The number of methoxy groups -OCH3 is 1. The third-order valence-electron chi connectivity index (χ3n) is 1.70. The SMILES string of the molecule is COC(=O)CCCC(O)C#C[Si](C)(C)C. The lowest BCUT2D eigenvalue weighted by Gasteiger charge is -2.06. The molecular weight excluding hydrogens is 208 g/mol. The van der Waals surface area contributed by atoms with E-state index in [2.05, 4.69) is 35.8 Å². The molecule has 0 amide bonds. The summed E-state index contributed by atoms with van der Waals surface area (Å²) in [5.74, 6) is 2.59. The van der Waals surface area contributed by atoms with Crippen LogP contribution in [-0.4, -0.2) is 32.4 Å². The summed E-state index contributed by atoms with van der Waals surface area (Å²) in [6, 6.07) is 0. The van der Waals surface area contributed by atoms with E-state index in [1.165, 1.54) is 7.11 Å². The minimum Gasteiger partial charge on any atom is -0.469 e. The summed E-state index contributed by atoms with van der Waals surface area (Å²) in [6.07, 6.45) is 0.893. The molecule has 3 nitrogen and oxygen atoms in total. The maximum Gasteiger partial charge on any atom is 0.305 e. The van der Waals surface area contributed by atoms with Crippen LogP contribution in [0.4, 0.5) is 0 Å². The summed E-state index contributed by atoms with van der Waals surface area (Å²) in [4.78, 5) is 10.8. The third-order valence-corrected chi connectivity index (χ3v) is 2.59. The molecule has 86 valence electrons. The standard InChI is InChI=1S/C11H20O3Si/c1-14-11(13)7-5-6-10(12)8-9-15(2,3)4/h10,12H,5-7H2,1-4H3. The van der Waals surface area contributed by atoms with E-state index in [9.17, 15) is 9.90 Å². The summed E-state index contributed by atoms with van der Waals surface area (Å²) >= 11 is 0. The molecule has 15 heavy (non-hydrogen) atoms. The van der Waals surface area contributed by atoms with Crippen molar-refractivity contribution < 1.29 is 14.6 Å². The minimum atomic E-state index is -1.40. The zero-order chi connectivity index (χ0) is 11.9. The maximum absolute atomic E-state index is 10.8. The molecule has 0 aromatic rings. The fourth-order valence-corrected chi connectivity index (χ4v) is 1.51. The van der Waals surface area contributed by atoms with Gasteiger partial charge in [0.15, 0.2) is 0 Å². The van der Waals surface area contributed by atoms with Gasteiger partial charge in [-0.1, -0.05) is 25.6 Å². The van der Waals surface area contributed by atoms with Gasteiger partial charge in [-0.2, -0.15) is 0 Å². The Labute approximate surface area is 92.8 Å². The van der Waals surface area contributed by atoms with Gasteiger partial charge in [0, 0.05) is 6.42 Å².